The van der Waals surface area contributed by atoms with E-state index in [1.165, 1.54) is 6.08 Å². The van der Waals surface area contributed by atoms with Gasteiger partial charge in [0.25, 0.3) is 0 Å². The Labute approximate surface area is 118 Å². The van der Waals surface area contributed by atoms with E-state index < -0.39 is 5.97 Å². The molecular weight excluding hydrogens is 260 g/mol. The summed E-state index contributed by atoms with van der Waals surface area (Å²) in [6, 6.07) is 7.11. The fourth-order valence-corrected chi connectivity index (χ4v) is 1.52. The van der Waals surface area contributed by atoms with Crippen LogP contribution < -0.4 is 4.74 Å². The Morgan fingerprint density at radius 2 is 1.80 bits per heavy atom. The predicted octanol–water partition coefficient (Wildman–Crippen LogP) is 2.56. The normalized spacial score (nSPS) is 11.2. The van der Waals surface area contributed by atoms with Gasteiger partial charge >= 0.3 is 5.97 Å². The molecule has 0 aliphatic heterocycles. The van der Waals surface area contributed by atoms with Crippen LogP contribution in [0.5, 0.6) is 5.75 Å². The van der Waals surface area contributed by atoms with Crippen molar-refractivity contribution in [2.24, 2.45) is 0 Å². The molecule has 5 heteroatoms. The van der Waals surface area contributed by atoms with E-state index in [0.717, 1.165) is 11.6 Å². The standard InChI is InChI=1S/C15H20O5/c1-3-18-15(19-4-2)11-20-13-8-5-12(6-9-13)7-10-14(16)17/h5-10,15H,3-4,11H2,1-2H3,(H,16,17). The highest BCUT2D eigenvalue weighted by atomic mass is 16.7. The van der Waals surface area contributed by atoms with Crippen molar-refractivity contribution >= 4 is 12.0 Å². The summed E-state index contributed by atoms with van der Waals surface area (Å²) in [6.45, 7) is 5.23. The highest BCUT2D eigenvalue weighted by molar-refractivity contribution is 5.85. The minimum absolute atomic E-state index is 0.311. The van der Waals surface area contributed by atoms with E-state index in [-0.39, 0.29) is 6.29 Å². The van der Waals surface area contributed by atoms with Gasteiger partial charge < -0.3 is 19.3 Å². The van der Waals surface area contributed by atoms with Gasteiger partial charge in [-0.3, -0.25) is 0 Å². The quantitative estimate of drug-likeness (QED) is 0.556. The molecule has 0 aliphatic carbocycles. The van der Waals surface area contributed by atoms with Crippen LogP contribution in [0, 0.1) is 0 Å². The first-order valence-corrected chi connectivity index (χ1v) is 6.52. The summed E-state index contributed by atoms with van der Waals surface area (Å²) in [4.78, 5) is 10.4. The molecule has 0 aliphatic rings. The maximum absolute atomic E-state index is 10.4. The van der Waals surface area contributed by atoms with Crippen LogP contribution >= 0.6 is 0 Å². The summed E-state index contributed by atoms with van der Waals surface area (Å²) >= 11 is 0. The lowest BCUT2D eigenvalue weighted by atomic mass is 10.2. The van der Waals surface area contributed by atoms with Gasteiger partial charge in [-0.1, -0.05) is 12.1 Å². The highest BCUT2D eigenvalue weighted by Gasteiger charge is 2.08. The van der Waals surface area contributed by atoms with Crippen LogP contribution in [-0.4, -0.2) is 37.2 Å². The molecule has 5 nitrogen and oxygen atoms in total. The van der Waals surface area contributed by atoms with Gasteiger partial charge in [0.1, 0.15) is 12.4 Å². The van der Waals surface area contributed by atoms with Gasteiger partial charge in [-0.25, -0.2) is 4.79 Å². The summed E-state index contributed by atoms with van der Waals surface area (Å²) in [7, 11) is 0. The molecule has 0 atom stereocenters. The third-order valence-corrected chi connectivity index (χ3v) is 2.39. The topological polar surface area (TPSA) is 65.0 Å². The van der Waals surface area contributed by atoms with Crippen molar-refractivity contribution in [3.63, 3.8) is 0 Å². The third kappa shape index (κ3) is 6.36. The Kier molecular flexibility index (Phi) is 7.39. The number of aliphatic carboxylic acids is 1. The van der Waals surface area contributed by atoms with Crippen LogP contribution in [0.3, 0.4) is 0 Å². The van der Waals surface area contributed by atoms with Crippen molar-refractivity contribution in [2.75, 3.05) is 19.8 Å². The fourth-order valence-electron chi connectivity index (χ4n) is 1.52. The predicted molar refractivity (Wildman–Crippen MR) is 75.6 cm³/mol. The number of hydrogen-bond acceptors (Lipinski definition) is 4. The Hall–Kier alpha value is -1.85. The minimum atomic E-state index is -0.971. The summed E-state index contributed by atoms with van der Waals surface area (Å²) in [6.07, 6.45) is 2.24. The van der Waals surface area contributed by atoms with Gasteiger partial charge in [-0.2, -0.15) is 0 Å². The molecule has 20 heavy (non-hydrogen) atoms. The maximum atomic E-state index is 10.4. The molecule has 0 amide bonds. The first-order valence-electron chi connectivity index (χ1n) is 6.52. The average Bonchev–Trinajstić information content (AvgIpc) is 2.44. The highest BCUT2D eigenvalue weighted by Crippen LogP contribution is 2.14. The fraction of sp³-hybridized carbons (Fsp3) is 0.400. The summed E-state index contributed by atoms with van der Waals surface area (Å²) < 4.78 is 16.3. The average molecular weight is 280 g/mol. The number of hydrogen-bond donors (Lipinski definition) is 1. The van der Waals surface area contributed by atoms with E-state index in [1.807, 2.05) is 13.8 Å². The van der Waals surface area contributed by atoms with Crippen molar-refractivity contribution in [1.29, 1.82) is 0 Å². The van der Waals surface area contributed by atoms with Gasteiger partial charge in [0, 0.05) is 19.3 Å². The second-order valence-corrected chi connectivity index (χ2v) is 3.89. The van der Waals surface area contributed by atoms with Crippen molar-refractivity contribution in [2.45, 2.75) is 20.1 Å². The maximum Gasteiger partial charge on any atom is 0.328 e. The number of ether oxygens (including phenoxy) is 3. The van der Waals surface area contributed by atoms with Crippen molar-refractivity contribution in [1.82, 2.24) is 0 Å². The SMILES string of the molecule is CCOC(COc1ccc(C=CC(=O)O)cc1)OCC. The molecule has 1 aromatic rings. The van der Waals surface area contributed by atoms with Crippen LogP contribution in [0.1, 0.15) is 19.4 Å². The lowest BCUT2D eigenvalue weighted by molar-refractivity contribution is -0.152. The Bertz CT molecular complexity index is 418. The molecule has 110 valence electrons. The second kappa shape index (κ2) is 9.12. The number of carboxylic acid groups (broad SMARTS) is 1. The zero-order valence-corrected chi connectivity index (χ0v) is 11.7. The molecule has 1 rings (SSSR count). The Morgan fingerprint density at radius 1 is 1.20 bits per heavy atom. The van der Waals surface area contributed by atoms with Gasteiger partial charge in [-0.05, 0) is 37.6 Å². The van der Waals surface area contributed by atoms with Crippen LogP contribution in [0.25, 0.3) is 6.08 Å². The lowest BCUT2D eigenvalue weighted by Crippen LogP contribution is -2.25. The first-order chi connectivity index (χ1) is 9.65. The lowest BCUT2D eigenvalue weighted by Gasteiger charge is -2.17. The molecular formula is C15H20O5. The molecule has 0 aromatic heterocycles. The van der Waals surface area contributed by atoms with Gasteiger partial charge in [0.2, 0.25) is 0 Å². The van der Waals surface area contributed by atoms with Gasteiger partial charge in [0.05, 0.1) is 0 Å². The van der Waals surface area contributed by atoms with Crippen LogP contribution in [0.2, 0.25) is 0 Å². The van der Waals surface area contributed by atoms with E-state index in [0.29, 0.717) is 25.6 Å². The molecule has 0 fully saturated rings. The zero-order valence-electron chi connectivity index (χ0n) is 11.7. The summed E-state index contributed by atoms with van der Waals surface area (Å²) in [5.41, 5.74) is 0.797. The minimum Gasteiger partial charge on any atom is -0.488 e. The molecule has 0 radical (unpaired) electrons. The van der Waals surface area contributed by atoms with Gasteiger partial charge in [0.15, 0.2) is 6.29 Å². The number of carbonyl (C=O) groups is 1. The van der Waals surface area contributed by atoms with Crippen molar-refractivity contribution in [3.05, 3.63) is 35.9 Å². The van der Waals surface area contributed by atoms with Crippen LogP contribution in [0.4, 0.5) is 0 Å². The Morgan fingerprint density at radius 3 is 2.30 bits per heavy atom. The monoisotopic (exact) mass is 280 g/mol. The molecule has 0 spiro atoms. The van der Waals surface area contributed by atoms with Crippen LogP contribution in [-0.2, 0) is 14.3 Å². The molecule has 1 N–H and O–H groups in total. The molecule has 1 aromatic carbocycles. The zero-order chi connectivity index (χ0) is 14.8. The largest absolute Gasteiger partial charge is 0.488 e. The summed E-state index contributed by atoms with van der Waals surface area (Å²) in [5, 5.41) is 8.54. The van der Waals surface area contributed by atoms with Gasteiger partial charge in [-0.15, -0.1) is 0 Å². The third-order valence-electron chi connectivity index (χ3n) is 2.39. The van der Waals surface area contributed by atoms with Crippen LogP contribution in [0.15, 0.2) is 30.3 Å². The van der Waals surface area contributed by atoms with E-state index in [1.54, 1.807) is 24.3 Å². The van der Waals surface area contributed by atoms with E-state index in [2.05, 4.69) is 0 Å². The Balaban J connectivity index is 2.50. The van der Waals surface area contributed by atoms with Crippen molar-refractivity contribution < 1.29 is 24.1 Å². The van der Waals surface area contributed by atoms with Crippen molar-refractivity contribution in [3.8, 4) is 5.75 Å². The van der Waals surface area contributed by atoms with E-state index in [9.17, 15) is 4.79 Å². The van der Waals surface area contributed by atoms with E-state index >= 15 is 0 Å². The molecule has 0 unspecified atom stereocenters. The number of benzene rings is 1. The summed E-state index contributed by atoms with van der Waals surface area (Å²) in [5.74, 6) is -0.288. The number of rotatable bonds is 9. The van der Waals surface area contributed by atoms with E-state index in [4.69, 9.17) is 19.3 Å². The second-order valence-electron chi connectivity index (χ2n) is 3.89. The first kappa shape index (κ1) is 16.2. The molecule has 0 saturated carbocycles. The molecule has 0 saturated heterocycles. The number of carboxylic acids is 1. The molecule has 0 heterocycles. The molecule has 0 bridgehead atoms. The smallest absolute Gasteiger partial charge is 0.328 e.